The molecule has 0 amide bonds. The highest BCUT2D eigenvalue weighted by Gasteiger charge is 2.29. The average Bonchev–Trinajstić information content (AvgIpc) is 3.25. The molecule has 1 N–H and O–H groups in total. The summed E-state index contributed by atoms with van der Waals surface area (Å²) in [6, 6.07) is 9.27. The molecule has 1 aliphatic rings. The number of aromatic nitrogens is 2. The molecule has 0 radical (unpaired) electrons. The monoisotopic (exact) mass is 271 g/mol. The maximum Gasteiger partial charge on any atom is 0.0703 e. The van der Waals surface area contributed by atoms with E-state index in [1.165, 1.54) is 42.3 Å². The molecule has 0 saturated heterocycles. The number of rotatable bonds is 7. The number of fused-ring (bicyclic) bond motifs is 1. The van der Waals surface area contributed by atoms with Crippen LogP contribution in [0.15, 0.2) is 24.3 Å². The summed E-state index contributed by atoms with van der Waals surface area (Å²) in [6.07, 6.45) is 6.45. The van der Waals surface area contributed by atoms with Gasteiger partial charge in [0.1, 0.15) is 0 Å². The van der Waals surface area contributed by atoms with Gasteiger partial charge in [-0.2, -0.15) is 5.10 Å². The lowest BCUT2D eigenvalue weighted by Gasteiger charge is -2.16. The molecule has 2 aromatic rings. The minimum atomic E-state index is 0.731. The van der Waals surface area contributed by atoms with Gasteiger partial charge in [-0.15, -0.1) is 0 Å². The van der Waals surface area contributed by atoms with Crippen molar-refractivity contribution in [2.24, 2.45) is 13.0 Å². The molecule has 1 unspecified atom stereocenters. The lowest BCUT2D eigenvalue weighted by molar-refractivity contribution is 0.433. The number of para-hydroxylation sites is 1. The van der Waals surface area contributed by atoms with Crippen molar-refractivity contribution in [2.75, 3.05) is 6.54 Å². The highest BCUT2D eigenvalue weighted by Crippen LogP contribution is 2.34. The van der Waals surface area contributed by atoms with Gasteiger partial charge < -0.3 is 5.32 Å². The molecule has 3 rings (SSSR count). The van der Waals surface area contributed by atoms with E-state index in [-0.39, 0.29) is 0 Å². The summed E-state index contributed by atoms with van der Waals surface area (Å²) in [4.78, 5) is 0. The fraction of sp³-hybridized carbons (Fsp3) is 0.588. The van der Waals surface area contributed by atoms with Crippen LogP contribution in [0.2, 0.25) is 0 Å². The van der Waals surface area contributed by atoms with Crippen LogP contribution in [0.5, 0.6) is 0 Å². The van der Waals surface area contributed by atoms with Gasteiger partial charge >= 0.3 is 0 Å². The van der Waals surface area contributed by atoms with Crippen LogP contribution in [-0.2, 0) is 13.5 Å². The van der Waals surface area contributed by atoms with E-state index in [9.17, 15) is 0 Å². The van der Waals surface area contributed by atoms with Crippen LogP contribution in [0.1, 0.15) is 38.3 Å². The summed E-state index contributed by atoms with van der Waals surface area (Å²) in [5, 5.41) is 9.66. The fourth-order valence-corrected chi connectivity index (χ4v) is 3.23. The van der Waals surface area contributed by atoms with Crippen molar-refractivity contribution >= 4 is 10.9 Å². The second kappa shape index (κ2) is 5.96. The van der Waals surface area contributed by atoms with Gasteiger partial charge in [0, 0.05) is 18.5 Å². The zero-order valence-electron chi connectivity index (χ0n) is 12.6. The number of hydrogen-bond acceptors (Lipinski definition) is 2. The minimum absolute atomic E-state index is 0.731. The van der Waals surface area contributed by atoms with Crippen molar-refractivity contribution in [1.82, 2.24) is 15.1 Å². The Labute approximate surface area is 121 Å². The molecule has 0 spiro atoms. The van der Waals surface area contributed by atoms with Crippen LogP contribution >= 0.6 is 0 Å². The van der Waals surface area contributed by atoms with E-state index in [1.54, 1.807) is 0 Å². The number of nitrogens with zero attached hydrogens (tertiary/aromatic N) is 2. The van der Waals surface area contributed by atoms with Crippen molar-refractivity contribution in [3.8, 4) is 0 Å². The molecule has 3 heteroatoms. The van der Waals surface area contributed by atoms with Crippen LogP contribution in [-0.4, -0.2) is 22.4 Å². The highest BCUT2D eigenvalue weighted by molar-refractivity contribution is 5.81. The summed E-state index contributed by atoms with van der Waals surface area (Å²) in [5.74, 6) is 0.940. The van der Waals surface area contributed by atoms with E-state index in [1.807, 2.05) is 11.7 Å². The summed E-state index contributed by atoms with van der Waals surface area (Å²) in [6.45, 7) is 3.30. The molecule has 0 bridgehead atoms. The number of hydrogen-bond donors (Lipinski definition) is 1. The number of aryl methyl sites for hydroxylation is 2. The smallest absolute Gasteiger partial charge is 0.0703 e. The number of nitrogens with one attached hydrogen (secondary N) is 1. The Hall–Kier alpha value is -1.35. The lowest BCUT2D eigenvalue weighted by atomic mass is 10.0. The Kier molecular flexibility index (Phi) is 4.06. The highest BCUT2D eigenvalue weighted by atomic mass is 15.3. The first-order valence-corrected chi connectivity index (χ1v) is 7.93. The van der Waals surface area contributed by atoms with E-state index in [0.717, 1.165) is 24.9 Å². The van der Waals surface area contributed by atoms with Gasteiger partial charge in [0.25, 0.3) is 0 Å². The molecule has 1 aromatic heterocycles. The molecule has 20 heavy (non-hydrogen) atoms. The van der Waals surface area contributed by atoms with Gasteiger partial charge in [-0.05, 0) is 50.6 Å². The average molecular weight is 271 g/mol. The third-order valence-corrected chi connectivity index (χ3v) is 4.42. The quantitative estimate of drug-likeness (QED) is 0.837. The predicted molar refractivity (Wildman–Crippen MR) is 83.8 cm³/mol. The molecule has 1 saturated carbocycles. The normalized spacial score (nSPS) is 16.7. The first kappa shape index (κ1) is 13.6. The largest absolute Gasteiger partial charge is 0.314 e. The SMILES string of the molecule is CCNC(CCCc1nn(C)c2ccccc12)C1CC1. The van der Waals surface area contributed by atoms with E-state index < -0.39 is 0 Å². The third-order valence-electron chi connectivity index (χ3n) is 4.42. The summed E-state index contributed by atoms with van der Waals surface area (Å²) in [7, 11) is 2.04. The molecule has 1 heterocycles. The second-order valence-electron chi connectivity index (χ2n) is 5.98. The minimum Gasteiger partial charge on any atom is -0.314 e. The molecular formula is C17H25N3. The maximum atomic E-state index is 4.69. The van der Waals surface area contributed by atoms with E-state index in [2.05, 4.69) is 41.6 Å². The van der Waals surface area contributed by atoms with Gasteiger partial charge in [0.05, 0.1) is 11.2 Å². The van der Waals surface area contributed by atoms with Gasteiger partial charge in [0.2, 0.25) is 0 Å². The topological polar surface area (TPSA) is 29.9 Å². The van der Waals surface area contributed by atoms with Crippen LogP contribution in [0.3, 0.4) is 0 Å². The van der Waals surface area contributed by atoms with Crippen LogP contribution in [0.25, 0.3) is 10.9 Å². The molecule has 108 valence electrons. The fourth-order valence-electron chi connectivity index (χ4n) is 3.23. The van der Waals surface area contributed by atoms with Crippen molar-refractivity contribution in [2.45, 2.75) is 45.1 Å². The number of benzene rings is 1. The molecule has 0 aliphatic heterocycles. The van der Waals surface area contributed by atoms with Gasteiger partial charge in [-0.25, -0.2) is 0 Å². The van der Waals surface area contributed by atoms with E-state index in [0.29, 0.717) is 0 Å². The molecule has 3 nitrogen and oxygen atoms in total. The Morgan fingerprint density at radius 2 is 2.15 bits per heavy atom. The van der Waals surface area contributed by atoms with Crippen molar-refractivity contribution in [3.05, 3.63) is 30.0 Å². The summed E-state index contributed by atoms with van der Waals surface area (Å²) < 4.78 is 2.01. The predicted octanol–water partition coefficient (Wildman–Crippen LogP) is 3.28. The van der Waals surface area contributed by atoms with E-state index >= 15 is 0 Å². The first-order valence-electron chi connectivity index (χ1n) is 7.93. The summed E-state index contributed by atoms with van der Waals surface area (Å²) >= 11 is 0. The molecule has 1 atom stereocenters. The second-order valence-corrected chi connectivity index (χ2v) is 5.98. The van der Waals surface area contributed by atoms with Crippen molar-refractivity contribution in [1.29, 1.82) is 0 Å². The van der Waals surface area contributed by atoms with Crippen molar-refractivity contribution in [3.63, 3.8) is 0 Å². The Morgan fingerprint density at radius 1 is 1.35 bits per heavy atom. The van der Waals surface area contributed by atoms with Gasteiger partial charge in [-0.1, -0.05) is 25.1 Å². The zero-order valence-corrected chi connectivity index (χ0v) is 12.6. The molecular weight excluding hydrogens is 246 g/mol. The molecule has 1 aliphatic carbocycles. The van der Waals surface area contributed by atoms with Gasteiger partial charge in [0.15, 0.2) is 0 Å². The Morgan fingerprint density at radius 3 is 2.90 bits per heavy atom. The third kappa shape index (κ3) is 2.88. The zero-order chi connectivity index (χ0) is 13.9. The molecule has 1 aromatic carbocycles. The van der Waals surface area contributed by atoms with Crippen LogP contribution in [0.4, 0.5) is 0 Å². The Bertz CT molecular complexity index is 569. The van der Waals surface area contributed by atoms with Crippen LogP contribution < -0.4 is 5.32 Å². The van der Waals surface area contributed by atoms with Gasteiger partial charge in [-0.3, -0.25) is 4.68 Å². The van der Waals surface area contributed by atoms with Crippen molar-refractivity contribution < 1.29 is 0 Å². The van der Waals surface area contributed by atoms with E-state index in [4.69, 9.17) is 0 Å². The lowest BCUT2D eigenvalue weighted by Crippen LogP contribution is -2.30. The molecule has 1 fully saturated rings. The maximum absolute atomic E-state index is 4.69. The standard InChI is InChI=1S/C17H25N3/c1-3-18-15(13-11-12-13)8-6-9-16-14-7-4-5-10-17(14)20(2)19-16/h4-5,7,10,13,15,18H,3,6,8-9,11-12H2,1-2H3. The van der Waals surface area contributed by atoms with Crippen LogP contribution in [0, 0.1) is 5.92 Å². The summed E-state index contributed by atoms with van der Waals surface area (Å²) in [5.41, 5.74) is 2.50. The first-order chi connectivity index (χ1) is 9.79. The Balaban J connectivity index is 1.62.